The molecule has 0 atom stereocenters. The van der Waals surface area contributed by atoms with Crippen molar-refractivity contribution in [1.29, 1.82) is 0 Å². The predicted molar refractivity (Wildman–Crippen MR) is 253 cm³/mol. The van der Waals surface area contributed by atoms with E-state index >= 15 is 0 Å². The third-order valence-corrected chi connectivity index (χ3v) is 12.3. The van der Waals surface area contributed by atoms with Gasteiger partial charge in [0.25, 0.3) is 0 Å². The second kappa shape index (κ2) is 19.4. The molecule has 6 aromatic carbocycles. The Morgan fingerprint density at radius 2 is 1.10 bits per heavy atom. The minimum Gasteiger partial charge on any atom is -0.507 e. The standard InChI is InChI=1S/C51H36BrF4IN2O8/c1-27-4-13-45(58(27)35-10-14-46(60)39(21-35)50(62)63)38-23-41(52)31(17-49(38)66-25-30-6-8-33(54)19-43(30)56)26-67-51(64)40-22-36(11-15-47(40)61)59-28(2)3-12-44(59)37-20-34(57)9-16-48(37)65-24-29-5-7-32(53)18-42(29)55/h3-23,60-61H,24-26H2,1-2H3,(H,62,63). The van der Waals surface area contributed by atoms with Crippen molar-refractivity contribution >= 4 is 50.5 Å². The molecule has 2 aromatic heterocycles. The Bertz CT molecular complexity index is 3240. The molecule has 0 unspecified atom stereocenters. The first kappa shape index (κ1) is 46.5. The summed E-state index contributed by atoms with van der Waals surface area (Å²) in [7, 11) is 0. The molecular formula is C51H36BrF4IN2O8. The van der Waals surface area contributed by atoms with E-state index in [9.17, 15) is 42.5 Å². The fraction of sp³-hybridized carbons (Fsp3) is 0.0980. The van der Waals surface area contributed by atoms with Crippen molar-refractivity contribution in [3.05, 3.63) is 198 Å². The number of hydrogen-bond donors (Lipinski definition) is 3. The van der Waals surface area contributed by atoms with E-state index in [2.05, 4.69) is 38.5 Å². The van der Waals surface area contributed by atoms with Crippen LogP contribution < -0.4 is 9.47 Å². The summed E-state index contributed by atoms with van der Waals surface area (Å²) in [6.07, 6.45) is 0. The first-order valence-electron chi connectivity index (χ1n) is 20.3. The Hall–Kier alpha value is -7.05. The van der Waals surface area contributed by atoms with Crippen LogP contribution in [0.1, 0.15) is 48.8 Å². The fourth-order valence-electron chi connectivity index (χ4n) is 7.51. The molecule has 10 nitrogen and oxygen atoms in total. The lowest BCUT2D eigenvalue weighted by Gasteiger charge is -2.19. The van der Waals surface area contributed by atoms with E-state index in [4.69, 9.17) is 14.2 Å². The molecule has 0 aliphatic carbocycles. The lowest BCUT2D eigenvalue weighted by molar-refractivity contribution is 0.0467. The average Bonchev–Trinajstić information content (AvgIpc) is 3.87. The van der Waals surface area contributed by atoms with E-state index in [-0.39, 0.29) is 53.6 Å². The zero-order valence-corrected chi connectivity index (χ0v) is 39.0. The molecule has 0 radical (unpaired) electrons. The Balaban J connectivity index is 1.10. The van der Waals surface area contributed by atoms with Crippen LogP contribution in [0.4, 0.5) is 17.6 Å². The quantitative estimate of drug-likeness (QED) is 0.0557. The highest BCUT2D eigenvalue weighted by atomic mass is 127. The molecule has 0 spiro atoms. The highest BCUT2D eigenvalue weighted by Crippen LogP contribution is 2.40. The Kier molecular flexibility index (Phi) is 13.5. The van der Waals surface area contributed by atoms with Gasteiger partial charge in [0.15, 0.2) is 0 Å². The summed E-state index contributed by atoms with van der Waals surface area (Å²) >= 11 is 5.76. The zero-order valence-electron chi connectivity index (χ0n) is 35.3. The molecule has 0 saturated heterocycles. The van der Waals surface area contributed by atoms with Gasteiger partial charge in [-0.05, 0) is 152 Å². The fourth-order valence-corrected chi connectivity index (χ4v) is 8.46. The highest BCUT2D eigenvalue weighted by Gasteiger charge is 2.23. The van der Waals surface area contributed by atoms with Crippen molar-refractivity contribution in [2.75, 3.05) is 0 Å². The number of aryl methyl sites for hydroxylation is 2. The number of carboxylic acid groups (broad SMARTS) is 1. The minimum absolute atomic E-state index is 0.0574. The van der Waals surface area contributed by atoms with Gasteiger partial charge in [0, 0.05) is 70.8 Å². The summed E-state index contributed by atoms with van der Waals surface area (Å²) in [6.45, 7) is 2.82. The van der Waals surface area contributed by atoms with E-state index in [1.165, 1.54) is 36.4 Å². The number of aromatic hydroxyl groups is 2. The average molecular weight is 1090 g/mol. The second-order valence-electron chi connectivity index (χ2n) is 15.3. The molecule has 0 bridgehead atoms. The van der Waals surface area contributed by atoms with Crippen LogP contribution >= 0.6 is 38.5 Å². The summed E-state index contributed by atoms with van der Waals surface area (Å²) in [5.41, 5.74) is 4.79. The second-order valence-corrected chi connectivity index (χ2v) is 17.4. The van der Waals surface area contributed by atoms with Gasteiger partial charge < -0.3 is 38.7 Å². The van der Waals surface area contributed by atoms with Gasteiger partial charge >= 0.3 is 11.9 Å². The van der Waals surface area contributed by atoms with Crippen molar-refractivity contribution < 1.29 is 56.7 Å². The number of aromatic carboxylic acids is 1. The van der Waals surface area contributed by atoms with Crippen molar-refractivity contribution in [2.45, 2.75) is 33.7 Å². The summed E-state index contributed by atoms with van der Waals surface area (Å²) in [6, 6.07) is 31.0. The van der Waals surface area contributed by atoms with Gasteiger partial charge in [-0.1, -0.05) is 15.9 Å². The van der Waals surface area contributed by atoms with E-state index in [1.54, 1.807) is 54.0 Å². The summed E-state index contributed by atoms with van der Waals surface area (Å²) in [5, 5.41) is 30.9. The first-order chi connectivity index (χ1) is 32.1. The number of esters is 1. The molecule has 8 aromatic rings. The van der Waals surface area contributed by atoms with E-state index < -0.39 is 41.0 Å². The van der Waals surface area contributed by atoms with Crippen LogP contribution in [-0.4, -0.2) is 36.4 Å². The Morgan fingerprint density at radius 1 is 0.582 bits per heavy atom. The first-order valence-corrected chi connectivity index (χ1v) is 22.1. The molecule has 340 valence electrons. The molecule has 0 aliphatic heterocycles. The van der Waals surface area contributed by atoms with Gasteiger partial charge in [-0.2, -0.15) is 0 Å². The number of carbonyl (C=O) groups is 2. The highest BCUT2D eigenvalue weighted by molar-refractivity contribution is 14.1. The van der Waals surface area contributed by atoms with E-state index in [1.807, 2.05) is 35.8 Å². The van der Waals surface area contributed by atoms with Gasteiger partial charge in [0.05, 0.1) is 11.4 Å². The topological polar surface area (TPSA) is 132 Å². The molecule has 0 saturated carbocycles. The van der Waals surface area contributed by atoms with Crippen LogP contribution in [0.25, 0.3) is 33.9 Å². The lowest BCUT2D eigenvalue weighted by atomic mass is 10.1. The third-order valence-electron chi connectivity index (χ3n) is 10.9. The van der Waals surface area contributed by atoms with Crippen LogP contribution in [0.2, 0.25) is 0 Å². The van der Waals surface area contributed by atoms with Crippen LogP contribution in [0.5, 0.6) is 23.0 Å². The molecule has 8 rings (SSSR count). The SMILES string of the molecule is Cc1ccc(-c2cc(I)ccc2OCc2ccc(F)cc2F)n1-c1ccc(O)c(C(=O)OCc2cc(OCc3ccc(F)cc3F)c(-c3ccc(C)n3-c3ccc(O)c(C(=O)O)c3)cc2Br)c1. The van der Waals surface area contributed by atoms with Crippen LogP contribution in [0, 0.1) is 40.7 Å². The summed E-state index contributed by atoms with van der Waals surface area (Å²) in [4.78, 5) is 25.8. The number of carboxylic acids is 1. The van der Waals surface area contributed by atoms with Crippen molar-refractivity contribution in [3.8, 4) is 56.9 Å². The molecular weight excluding hydrogens is 1050 g/mol. The van der Waals surface area contributed by atoms with Crippen LogP contribution in [0.3, 0.4) is 0 Å². The smallest absolute Gasteiger partial charge is 0.342 e. The van der Waals surface area contributed by atoms with Gasteiger partial charge in [-0.3, -0.25) is 0 Å². The number of hydrogen-bond acceptors (Lipinski definition) is 7. The predicted octanol–water partition coefficient (Wildman–Crippen LogP) is 12.8. The molecule has 0 fully saturated rings. The van der Waals surface area contributed by atoms with E-state index in [0.717, 1.165) is 33.5 Å². The van der Waals surface area contributed by atoms with Crippen LogP contribution in [-0.2, 0) is 24.6 Å². The molecule has 0 aliphatic rings. The number of aromatic nitrogens is 2. The van der Waals surface area contributed by atoms with Gasteiger partial charge in [0.2, 0.25) is 0 Å². The number of benzene rings is 6. The van der Waals surface area contributed by atoms with Crippen molar-refractivity contribution in [2.24, 2.45) is 0 Å². The maximum Gasteiger partial charge on any atom is 0.342 e. The number of nitrogens with zero attached hydrogens (tertiary/aromatic N) is 2. The van der Waals surface area contributed by atoms with E-state index in [0.29, 0.717) is 55.4 Å². The maximum atomic E-state index is 14.8. The molecule has 67 heavy (non-hydrogen) atoms. The number of phenols is 2. The molecule has 3 N–H and O–H groups in total. The molecule has 0 amide bonds. The van der Waals surface area contributed by atoms with Gasteiger partial charge in [-0.25, -0.2) is 27.2 Å². The number of halogens is 6. The largest absolute Gasteiger partial charge is 0.507 e. The molecule has 16 heteroatoms. The summed E-state index contributed by atoms with van der Waals surface area (Å²) in [5.74, 6) is -5.39. The number of rotatable bonds is 14. The monoisotopic (exact) mass is 1090 g/mol. The number of carbonyl (C=O) groups excluding carboxylic acids is 1. The maximum absolute atomic E-state index is 14.8. The van der Waals surface area contributed by atoms with Crippen LogP contribution in [0.15, 0.2) is 132 Å². The Labute approximate surface area is 402 Å². The Morgan fingerprint density at radius 3 is 1.66 bits per heavy atom. The normalized spacial score (nSPS) is 11.2. The minimum atomic E-state index is -1.33. The van der Waals surface area contributed by atoms with Crippen molar-refractivity contribution in [3.63, 3.8) is 0 Å². The number of ether oxygens (including phenoxy) is 3. The van der Waals surface area contributed by atoms with Gasteiger partial charge in [-0.15, -0.1) is 0 Å². The summed E-state index contributed by atoms with van der Waals surface area (Å²) < 4.78 is 79.8. The molecule has 2 heterocycles. The number of phenolic OH excluding ortho intramolecular Hbond substituents is 1. The van der Waals surface area contributed by atoms with Crippen molar-refractivity contribution in [1.82, 2.24) is 9.13 Å². The zero-order chi connectivity index (χ0) is 47.7. The van der Waals surface area contributed by atoms with Gasteiger partial charge in [0.1, 0.15) is 77.2 Å². The lowest BCUT2D eigenvalue weighted by Crippen LogP contribution is -2.09. The third kappa shape index (κ3) is 9.90.